The summed E-state index contributed by atoms with van der Waals surface area (Å²) in [5.74, 6) is 0. The van der Waals surface area contributed by atoms with Gasteiger partial charge in [0.05, 0.1) is 5.69 Å². The molecule has 0 saturated carbocycles. The molecular formula is C8H9N2O2S-. The van der Waals surface area contributed by atoms with Crippen LogP contribution in [0.3, 0.4) is 0 Å². The molecule has 0 fully saturated rings. The molecule has 1 atom stereocenters. The summed E-state index contributed by atoms with van der Waals surface area (Å²) in [5, 5.41) is 1.64. The maximum absolute atomic E-state index is 10.4. The fraction of sp³-hybridized carbons (Fsp3) is 0.250. The van der Waals surface area contributed by atoms with E-state index in [0.29, 0.717) is 6.54 Å². The summed E-state index contributed by atoms with van der Waals surface area (Å²) in [6, 6.07) is 7.76. The average molecular weight is 197 g/mol. The van der Waals surface area contributed by atoms with Gasteiger partial charge in [-0.05, 0) is 18.1 Å². The molecule has 5 heteroatoms. The van der Waals surface area contributed by atoms with Gasteiger partial charge < -0.3 is 4.55 Å². The minimum absolute atomic E-state index is 0.702. The predicted molar refractivity (Wildman–Crippen MR) is 49.5 cm³/mol. The van der Waals surface area contributed by atoms with Crippen molar-refractivity contribution in [3.63, 3.8) is 0 Å². The Labute approximate surface area is 78.9 Å². The number of benzene rings is 1. The van der Waals surface area contributed by atoms with Gasteiger partial charge in [-0.2, -0.15) is 4.83 Å². The highest BCUT2D eigenvalue weighted by molar-refractivity contribution is 7.77. The monoisotopic (exact) mass is 197 g/mol. The topological polar surface area (TPSA) is 55.4 Å². The lowest BCUT2D eigenvalue weighted by Gasteiger charge is -2.21. The van der Waals surface area contributed by atoms with Gasteiger partial charge in [0.15, 0.2) is 0 Å². The minimum Gasteiger partial charge on any atom is -0.759 e. The largest absolute Gasteiger partial charge is 0.759 e. The lowest BCUT2D eigenvalue weighted by molar-refractivity contribution is 0.520. The Hall–Kier alpha value is -0.910. The Morgan fingerprint density at radius 2 is 2.23 bits per heavy atom. The lowest BCUT2D eigenvalue weighted by Crippen LogP contribution is -2.37. The highest BCUT2D eigenvalue weighted by Crippen LogP contribution is 2.25. The predicted octanol–water partition coefficient (Wildman–Crippen LogP) is 0.348. The van der Waals surface area contributed by atoms with Crippen LogP contribution in [0.25, 0.3) is 0 Å². The van der Waals surface area contributed by atoms with E-state index < -0.39 is 11.3 Å². The summed E-state index contributed by atoms with van der Waals surface area (Å²) in [5.41, 5.74) is 2.13. The number of rotatable bonds is 2. The zero-order valence-electron chi connectivity index (χ0n) is 6.90. The summed E-state index contributed by atoms with van der Waals surface area (Å²) < 4.78 is 20.8. The second kappa shape index (κ2) is 3.45. The molecule has 1 aliphatic rings. The number of hydrogen-bond donors (Lipinski definition) is 1. The van der Waals surface area contributed by atoms with E-state index in [1.165, 1.54) is 5.56 Å². The van der Waals surface area contributed by atoms with Crippen LogP contribution >= 0.6 is 0 Å². The number of nitrogens with one attached hydrogen (secondary N) is 1. The molecule has 0 bridgehead atoms. The number of fused-ring (bicyclic) bond motifs is 1. The lowest BCUT2D eigenvalue weighted by atomic mass is 10.2. The van der Waals surface area contributed by atoms with Crippen molar-refractivity contribution in [3.8, 4) is 0 Å². The van der Waals surface area contributed by atoms with Crippen molar-refractivity contribution in [2.75, 3.05) is 11.6 Å². The number of hydrogen-bond acceptors (Lipinski definition) is 3. The molecule has 0 saturated heterocycles. The fourth-order valence-corrected chi connectivity index (χ4v) is 1.89. The number of hydrazine groups is 1. The van der Waals surface area contributed by atoms with Gasteiger partial charge in [-0.3, -0.25) is 9.22 Å². The van der Waals surface area contributed by atoms with Crippen molar-refractivity contribution >= 4 is 17.0 Å². The normalized spacial score (nSPS) is 17.2. The standard InChI is InChI=1S/C8H10N2O2S/c11-13(12)9-10-6-5-7-3-1-2-4-8(7)10/h1-4,9H,5-6H2,(H,11,12)/p-1. The molecule has 1 aromatic carbocycles. The molecule has 4 nitrogen and oxygen atoms in total. The number of para-hydroxylation sites is 1. The van der Waals surface area contributed by atoms with E-state index >= 15 is 0 Å². The van der Waals surface area contributed by atoms with E-state index in [4.69, 9.17) is 0 Å². The summed E-state index contributed by atoms with van der Waals surface area (Å²) in [4.78, 5) is 2.35. The van der Waals surface area contributed by atoms with Crippen LogP contribution in [0, 0.1) is 0 Å². The first-order valence-electron chi connectivity index (χ1n) is 3.98. The second-order valence-corrected chi connectivity index (χ2v) is 3.51. The average Bonchev–Trinajstić information content (AvgIpc) is 2.48. The van der Waals surface area contributed by atoms with Crippen molar-refractivity contribution in [1.82, 2.24) is 4.83 Å². The molecule has 1 aromatic rings. The summed E-state index contributed by atoms with van der Waals surface area (Å²) in [7, 11) is 0. The molecule has 2 rings (SSSR count). The molecule has 13 heavy (non-hydrogen) atoms. The van der Waals surface area contributed by atoms with Crippen LogP contribution in [0.4, 0.5) is 5.69 Å². The van der Waals surface area contributed by atoms with Gasteiger partial charge in [-0.25, -0.2) is 0 Å². The van der Waals surface area contributed by atoms with Crippen LogP contribution in [0.15, 0.2) is 24.3 Å². The molecule has 1 unspecified atom stereocenters. The van der Waals surface area contributed by atoms with Gasteiger partial charge in [0, 0.05) is 17.8 Å². The van der Waals surface area contributed by atoms with Gasteiger partial charge in [0.1, 0.15) is 0 Å². The first-order valence-corrected chi connectivity index (χ1v) is 5.06. The number of anilines is 1. The van der Waals surface area contributed by atoms with Gasteiger partial charge in [0.25, 0.3) is 0 Å². The molecule has 1 N–H and O–H groups in total. The van der Waals surface area contributed by atoms with Crippen molar-refractivity contribution in [3.05, 3.63) is 29.8 Å². The summed E-state index contributed by atoms with van der Waals surface area (Å²) >= 11 is -2.24. The van der Waals surface area contributed by atoms with E-state index in [9.17, 15) is 8.76 Å². The van der Waals surface area contributed by atoms with Gasteiger partial charge in [-0.15, -0.1) is 0 Å². The SMILES string of the molecule is O=S([O-])NN1CCc2ccccc21. The Bertz CT molecular complexity index is 343. The van der Waals surface area contributed by atoms with Crippen LogP contribution in [-0.4, -0.2) is 15.3 Å². The van der Waals surface area contributed by atoms with E-state index in [-0.39, 0.29) is 0 Å². The maximum Gasteiger partial charge on any atom is 0.0562 e. The van der Waals surface area contributed by atoms with E-state index in [2.05, 4.69) is 4.83 Å². The third kappa shape index (κ3) is 1.72. The molecule has 0 spiro atoms. The number of nitrogens with zero attached hydrogens (tertiary/aromatic N) is 1. The fourth-order valence-electron chi connectivity index (χ4n) is 1.52. The molecule has 70 valence electrons. The van der Waals surface area contributed by atoms with Crippen LogP contribution in [0.1, 0.15) is 5.56 Å². The van der Waals surface area contributed by atoms with Gasteiger partial charge in [0.2, 0.25) is 0 Å². The van der Waals surface area contributed by atoms with Crippen molar-refractivity contribution in [1.29, 1.82) is 0 Å². The minimum atomic E-state index is -2.24. The van der Waals surface area contributed by atoms with E-state index in [0.717, 1.165) is 12.1 Å². The van der Waals surface area contributed by atoms with E-state index in [1.54, 1.807) is 5.01 Å². The first kappa shape index (κ1) is 8.68. The van der Waals surface area contributed by atoms with Gasteiger partial charge >= 0.3 is 0 Å². The maximum atomic E-state index is 10.4. The highest BCUT2D eigenvalue weighted by atomic mass is 32.2. The Balaban J connectivity index is 2.23. The molecule has 1 heterocycles. The molecule has 0 amide bonds. The third-order valence-electron chi connectivity index (χ3n) is 2.07. The zero-order chi connectivity index (χ0) is 9.26. The van der Waals surface area contributed by atoms with Crippen LogP contribution in [0.5, 0.6) is 0 Å². The van der Waals surface area contributed by atoms with Crippen LogP contribution in [0.2, 0.25) is 0 Å². The Morgan fingerprint density at radius 3 is 3.00 bits per heavy atom. The molecule has 1 aliphatic heterocycles. The molecule has 0 aromatic heterocycles. The highest BCUT2D eigenvalue weighted by Gasteiger charge is 2.17. The van der Waals surface area contributed by atoms with Crippen LogP contribution < -0.4 is 9.84 Å². The first-order chi connectivity index (χ1) is 6.27. The van der Waals surface area contributed by atoms with Crippen molar-refractivity contribution in [2.24, 2.45) is 0 Å². The molecule has 0 aliphatic carbocycles. The van der Waals surface area contributed by atoms with Crippen molar-refractivity contribution < 1.29 is 8.76 Å². The van der Waals surface area contributed by atoms with Gasteiger partial charge in [-0.1, -0.05) is 18.2 Å². The third-order valence-corrected chi connectivity index (χ3v) is 2.44. The molecule has 0 radical (unpaired) electrons. The zero-order valence-corrected chi connectivity index (χ0v) is 7.71. The van der Waals surface area contributed by atoms with Crippen molar-refractivity contribution in [2.45, 2.75) is 6.42 Å². The quantitative estimate of drug-likeness (QED) is 0.696. The van der Waals surface area contributed by atoms with E-state index in [1.807, 2.05) is 24.3 Å². The Morgan fingerprint density at radius 1 is 1.46 bits per heavy atom. The van der Waals surface area contributed by atoms with Crippen LogP contribution in [-0.2, 0) is 17.7 Å². The smallest absolute Gasteiger partial charge is 0.0562 e. The summed E-state index contributed by atoms with van der Waals surface area (Å²) in [6.07, 6.45) is 0.889. The second-order valence-electron chi connectivity index (χ2n) is 2.86. The molecular weight excluding hydrogens is 188 g/mol. The summed E-state index contributed by atoms with van der Waals surface area (Å²) in [6.45, 7) is 0.702. The Kier molecular flexibility index (Phi) is 2.30.